The number of hydrogen-bond donors (Lipinski definition) is 0. The summed E-state index contributed by atoms with van der Waals surface area (Å²) >= 11 is 1.20. The number of rotatable bonds is 5. The minimum absolute atomic E-state index is 0.0279. The first-order chi connectivity index (χ1) is 8.31. The van der Waals surface area contributed by atoms with Gasteiger partial charge in [0.15, 0.2) is 5.13 Å². The molecule has 4 nitrogen and oxygen atoms in total. The van der Waals surface area contributed by atoms with E-state index in [1.807, 2.05) is 0 Å². The Morgan fingerprint density at radius 3 is 2.78 bits per heavy atom. The van der Waals surface area contributed by atoms with Crippen LogP contribution in [0.2, 0.25) is 0 Å². The van der Waals surface area contributed by atoms with Gasteiger partial charge in [0.25, 0.3) is 0 Å². The van der Waals surface area contributed by atoms with Crippen LogP contribution in [0.15, 0.2) is 5.38 Å². The third-order valence-corrected chi connectivity index (χ3v) is 3.15. The van der Waals surface area contributed by atoms with E-state index in [0.29, 0.717) is 10.8 Å². The van der Waals surface area contributed by atoms with E-state index in [1.165, 1.54) is 30.4 Å². The highest BCUT2D eigenvalue weighted by Gasteiger charge is 2.27. The molecule has 0 saturated heterocycles. The van der Waals surface area contributed by atoms with Crippen LogP contribution in [0.5, 0.6) is 0 Å². The smallest absolute Gasteiger partial charge is 0.390 e. The summed E-state index contributed by atoms with van der Waals surface area (Å²) in [4.78, 5) is 16.5. The molecule has 0 N–H and O–H groups in total. The number of halogens is 3. The molecule has 0 aliphatic rings. The molecule has 0 aromatic carbocycles. The van der Waals surface area contributed by atoms with Gasteiger partial charge in [-0.05, 0) is 0 Å². The molecule has 1 aromatic heterocycles. The van der Waals surface area contributed by atoms with Crippen molar-refractivity contribution in [2.45, 2.75) is 19.0 Å². The largest absolute Gasteiger partial charge is 0.469 e. The van der Waals surface area contributed by atoms with E-state index in [2.05, 4.69) is 9.72 Å². The van der Waals surface area contributed by atoms with Crippen molar-refractivity contribution >= 4 is 22.4 Å². The van der Waals surface area contributed by atoms with Crippen LogP contribution in [-0.2, 0) is 16.0 Å². The summed E-state index contributed by atoms with van der Waals surface area (Å²) in [7, 11) is 2.80. The molecule has 0 radical (unpaired) electrons. The van der Waals surface area contributed by atoms with Gasteiger partial charge in [-0.25, -0.2) is 4.98 Å². The van der Waals surface area contributed by atoms with Gasteiger partial charge in [0.1, 0.15) is 0 Å². The lowest BCUT2D eigenvalue weighted by atomic mass is 10.3. The summed E-state index contributed by atoms with van der Waals surface area (Å²) in [6.45, 7) is -0.158. The lowest BCUT2D eigenvalue weighted by Crippen LogP contribution is -2.23. The summed E-state index contributed by atoms with van der Waals surface area (Å²) in [6, 6.07) is 0. The fourth-order valence-electron chi connectivity index (χ4n) is 1.16. The van der Waals surface area contributed by atoms with Gasteiger partial charge in [-0.3, -0.25) is 4.79 Å². The maximum atomic E-state index is 12.0. The Morgan fingerprint density at radius 2 is 2.22 bits per heavy atom. The van der Waals surface area contributed by atoms with Crippen LogP contribution < -0.4 is 4.90 Å². The number of ether oxygens (including phenoxy) is 1. The van der Waals surface area contributed by atoms with Gasteiger partial charge < -0.3 is 9.64 Å². The first kappa shape index (κ1) is 14.7. The molecule has 18 heavy (non-hydrogen) atoms. The maximum Gasteiger partial charge on any atom is 0.390 e. The number of nitrogens with zero attached hydrogens (tertiary/aromatic N) is 2. The molecule has 8 heteroatoms. The van der Waals surface area contributed by atoms with Gasteiger partial charge in [0, 0.05) is 19.0 Å². The number of alkyl halides is 3. The minimum Gasteiger partial charge on any atom is -0.469 e. The zero-order valence-corrected chi connectivity index (χ0v) is 10.8. The third-order valence-electron chi connectivity index (χ3n) is 2.15. The molecule has 0 spiro atoms. The predicted molar refractivity (Wildman–Crippen MR) is 61.8 cm³/mol. The molecule has 0 aliphatic heterocycles. The van der Waals surface area contributed by atoms with E-state index in [0.717, 1.165) is 0 Å². The second-order valence-corrected chi connectivity index (χ2v) is 4.50. The third kappa shape index (κ3) is 4.91. The molecule has 0 bridgehead atoms. The van der Waals surface area contributed by atoms with E-state index in [1.54, 1.807) is 5.38 Å². The van der Waals surface area contributed by atoms with Crippen LogP contribution in [0, 0.1) is 0 Å². The van der Waals surface area contributed by atoms with Gasteiger partial charge in [-0.2, -0.15) is 13.2 Å². The van der Waals surface area contributed by atoms with Crippen molar-refractivity contribution < 1.29 is 22.7 Å². The molecule has 0 atom stereocenters. The Hall–Kier alpha value is -1.31. The molecule has 1 heterocycles. The van der Waals surface area contributed by atoms with Crippen molar-refractivity contribution in [2.24, 2.45) is 0 Å². The Kier molecular flexibility index (Phi) is 4.94. The second-order valence-electron chi connectivity index (χ2n) is 3.66. The van der Waals surface area contributed by atoms with Crippen LogP contribution in [-0.4, -0.2) is 37.8 Å². The highest BCUT2D eigenvalue weighted by Crippen LogP contribution is 2.24. The van der Waals surface area contributed by atoms with Crippen LogP contribution >= 0.6 is 11.3 Å². The number of hydrogen-bond acceptors (Lipinski definition) is 5. The van der Waals surface area contributed by atoms with Crippen LogP contribution in [0.3, 0.4) is 0 Å². The van der Waals surface area contributed by atoms with Gasteiger partial charge in [-0.15, -0.1) is 11.3 Å². The number of carbonyl (C=O) groups is 1. The van der Waals surface area contributed by atoms with Crippen molar-refractivity contribution in [1.29, 1.82) is 0 Å². The molecule has 102 valence electrons. The van der Waals surface area contributed by atoms with Gasteiger partial charge in [0.05, 0.1) is 25.6 Å². The molecule has 1 rings (SSSR count). The van der Waals surface area contributed by atoms with Crippen molar-refractivity contribution in [3.05, 3.63) is 11.1 Å². The molecule has 1 aromatic rings. The number of thiazole rings is 1. The van der Waals surface area contributed by atoms with E-state index in [9.17, 15) is 18.0 Å². The minimum atomic E-state index is -4.18. The maximum absolute atomic E-state index is 12.0. The topological polar surface area (TPSA) is 42.4 Å². The summed E-state index contributed by atoms with van der Waals surface area (Å²) in [5, 5.41) is 2.09. The average Bonchev–Trinajstić information content (AvgIpc) is 2.73. The standard InChI is InChI=1S/C10H13F3N2O2S/c1-15(4-3-10(11,12)13)9-14-7(6-18-9)5-8(16)17-2/h6H,3-5H2,1-2H3. The monoisotopic (exact) mass is 282 g/mol. The number of carbonyl (C=O) groups excluding carboxylic acids is 1. The lowest BCUT2D eigenvalue weighted by Gasteiger charge is -2.16. The summed E-state index contributed by atoms with van der Waals surface area (Å²) in [5.41, 5.74) is 0.501. The molecule has 0 amide bonds. The lowest BCUT2D eigenvalue weighted by molar-refractivity contribution is -0.139. The van der Waals surface area contributed by atoms with Crippen molar-refractivity contribution in [3.8, 4) is 0 Å². The second kappa shape index (κ2) is 6.03. The number of methoxy groups -OCH3 is 1. The van der Waals surface area contributed by atoms with Crippen molar-refractivity contribution in [2.75, 3.05) is 25.6 Å². The Morgan fingerprint density at radius 1 is 1.56 bits per heavy atom. The highest BCUT2D eigenvalue weighted by atomic mass is 32.1. The molecular weight excluding hydrogens is 269 g/mol. The van der Waals surface area contributed by atoms with Crippen molar-refractivity contribution in [1.82, 2.24) is 4.98 Å². The van der Waals surface area contributed by atoms with Crippen molar-refractivity contribution in [3.63, 3.8) is 0 Å². The number of aromatic nitrogens is 1. The molecule has 0 fully saturated rings. The molecule has 0 saturated carbocycles. The summed E-state index contributed by atoms with van der Waals surface area (Å²) in [5.74, 6) is -0.426. The van der Waals surface area contributed by atoms with Gasteiger partial charge in [-0.1, -0.05) is 0 Å². The fraction of sp³-hybridized carbons (Fsp3) is 0.600. The van der Waals surface area contributed by atoms with E-state index in [-0.39, 0.29) is 13.0 Å². The predicted octanol–water partition coefficient (Wildman–Crippen LogP) is 2.25. The Labute approximate surface area is 106 Å². The Bertz CT molecular complexity index is 406. The van der Waals surface area contributed by atoms with Crippen LogP contribution in [0.25, 0.3) is 0 Å². The zero-order chi connectivity index (χ0) is 13.8. The van der Waals surface area contributed by atoms with E-state index in [4.69, 9.17) is 0 Å². The highest BCUT2D eigenvalue weighted by molar-refractivity contribution is 7.13. The SMILES string of the molecule is COC(=O)Cc1csc(N(C)CCC(F)(F)F)n1. The summed E-state index contributed by atoms with van der Waals surface area (Å²) < 4.78 is 40.6. The quantitative estimate of drug-likeness (QED) is 0.777. The number of anilines is 1. The summed E-state index contributed by atoms with van der Waals surface area (Å²) in [6.07, 6.45) is -5.05. The van der Waals surface area contributed by atoms with Gasteiger partial charge >= 0.3 is 12.1 Å². The van der Waals surface area contributed by atoms with E-state index >= 15 is 0 Å². The van der Waals surface area contributed by atoms with Crippen LogP contribution in [0.4, 0.5) is 18.3 Å². The van der Waals surface area contributed by atoms with E-state index < -0.39 is 18.6 Å². The fourth-order valence-corrected chi connectivity index (χ4v) is 1.98. The zero-order valence-electron chi connectivity index (χ0n) is 9.95. The van der Waals surface area contributed by atoms with Gasteiger partial charge in [0.2, 0.25) is 0 Å². The number of esters is 1. The molecular formula is C10H13F3N2O2S. The average molecular weight is 282 g/mol. The molecule has 0 unspecified atom stereocenters. The molecule has 0 aliphatic carbocycles. The van der Waals surface area contributed by atoms with Crippen LogP contribution in [0.1, 0.15) is 12.1 Å². The Balaban J connectivity index is 2.54. The normalized spacial score (nSPS) is 11.4. The first-order valence-corrected chi connectivity index (χ1v) is 5.99. The first-order valence-electron chi connectivity index (χ1n) is 5.11.